The second kappa shape index (κ2) is 36.6. The van der Waals surface area contributed by atoms with Crippen molar-refractivity contribution in [2.24, 2.45) is 0 Å². The maximum atomic E-state index is 11.1. The summed E-state index contributed by atoms with van der Waals surface area (Å²) in [5.74, 6) is -1.26. The Morgan fingerprint density at radius 3 is 1.31 bits per heavy atom. The summed E-state index contributed by atoms with van der Waals surface area (Å²) in [6.45, 7) is 1.16. The van der Waals surface area contributed by atoms with Crippen LogP contribution in [0.1, 0.15) is 40.0 Å². The van der Waals surface area contributed by atoms with Gasteiger partial charge in [0.25, 0.3) is 20.2 Å². The van der Waals surface area contributed by atoms with Crippen LogP contribution in [0.2, 0.25) is 0 Å². The molecule has 0 bridgehead atoms. The van der Waals surface area contributed by atoms with Crippen LogP contribution in [0.4, 0.5) is 0 Å². The van der Waals surface area contributed by atoms with Crippen molar-refractivity contribution < 1.29 is 60.0 Å². The fourth-order valence-corrected chi connectivity index (χ4v) is 10.8. The number of aliphatic carboxylic acids is 2. The number of aromatic nitrogens is 3. The second-order valence-electron chi connectivity index (χ2n) is 9.31. The third-order valence-electron chi connectivity index (χ3n) is 5.34. The number of carboxylic acids is 2. The van der Waals surface area contributed by atoms with E-state index >= 15 is 0 Å². The maximum absolute atomic E-state index is 11.1. The van der Waals surface area contributed by atoms with Gasteiger partial charge in [-0.2, -0.15) is 16.8 Å². The summed E-state index contributed by atoms with van der Waals surface area (Å²) < 4.78 is 61.1. The molecule has 0 aliphatic heterocycles. The quantitative estimate of drug-likeness (QED) is 0.0357. The molecule has 2 unspecified atom stereocenters. The summed E-state index contributed by atoms with van der Waals surface area (Å²) in [6, 6.07) is 16.6. The van der Waals surface area contributed by atoms with Crippen LogP contribution in [0.5, 0.6) is 0 Å². The number of pyridine rings is 3. The van der Waals surface area contributed by atoms with Crippen LogP contribution in [-0.2, 0) is 44.1 Å². The van der Waals surface area contributed by atoms with E-state index in [0.29, 0.717) is 21.6 Å². The van der Waals surface area contributed by atoms with Crippen molar-refractivity contribution in [1.82, 2.24) is 15.0 Å². The van der Waals surface area contributed by atoms with Gasteiger partial charge in [0.1, 0.15) is 26.1 Å². The van der Waals surface area contributed by atoms with Crippen molar-refractivity contribution in [2.45, 2.75) is 65.6 Å². The molecule has 0 saturated heterocycles. The van der Waals surface area contributed by atoms with Gasteiger partial charge in [0, 0.05) is 42.3 Å². The Kier molecular flexibility index (Phi) is 40.0. The zero-order valence-electron chi connectivity index (χ0n) is 27.9. The predicted octanol–water partition coefficient (Wildman–Crippen LogP) is 9.32. The van der Waals surface area contributed by atoms with Gasteiger partial charge in [0.05, 0.1) is 0 Å². The summed E-state index contributed by atoms with van der Waals surface area (Å²) in [6.07, 6.45) is 5.94. The summed E-state index contributed by atoms with van der Waals surface area (Å²) >= 11 is 4.74. The number of carbonyl (C=O) groups is 3. The van der Waals surface area contributed by atoms with Crippen molar-refractivity contribution in [3.8, 4) is 0 Å². The van der Waals surface area contributed by atoms with E-state index in [9.17, 15) is 31.2 Å². The molecule has 26 heteroatoms. The minimum atomic E-state index is -4.55. The molecule has 0 amide bonds. The molecule has 0 aliphatic carbocycles. The second-order valence-corrected chi connectivity index (χ2v) is 31.6. The molecule has 4 N–H and O–H groups in total. The van der Waals surface area contributed by atoms with Crippen LogP contribution < -0.4 is 0 Å². The molecule has 55 heavy (non-hydrogen) atoms. The summed E-state index contributed by atoms with van der Waals surface area (Å²) in [5.41, 5.74) is 0. The molecule has 0 saturated carbocycles. The molecule has 0 spiro atoms. The first kappa shape index (κ1) is 60.1. The van der Waals surface area contributed by atoms with Crippen LogP contribution >= 0.6 is 129 Å². The molecule has 0 radical (unpaired) electrons. The van der Waals surface area contributed by atoms with Crippen molar-refractivity contribution in [3.05, 3.63) is 73.2 Å². The number of nitrogens with zero attached hydrogens (tertiary/aromatic N) is 3. The molecular formula is C29H40I3N3O11S8V. The summed E-state index contributed by atoms with van der Waals surface area (Å²) in [5, 5.41) is 16.5. The Balaban J connectivity index is -0.000000704. The minimum absolute atomic E-state index is 0. The molecule has 3 rings (SSSR count). The molecule has 0 aromatic carbocycles. The van der Waals surface area contributed by atoms with E-state index in [0.717, 1.165) is 27.8 Å². The van der Waals surface area contributed by atoms with E-state index in [2.05, 4.69) is 54.9 Å². The van der Waals surface area contributed by atoms with E-state index in [1.165, 1.54) is 43.2 Å². The van der Waals surface area contributed by atoms with Gasteiger partial charge in [-0.25, -0.2) is 15.0 Å². The fourth-order valence-electron chi connectivity index (χ4n) is 3.05. The normalized spacial score (nSPS) is 11.4. The Bertz CT molecular complexity index is 1590. The molecule has 3 heterocycles. The topological polar surface area (TPSA) is 239 Å². The van der Waals surface area contributed by atoms with Gasteiger partial charge in [-0.1, -0.05) is 58.0 Å². The molecule has 2 atom stereocenters. The summed E-state index contributed by atoms with van der Waals surface area (Å²) in [7, 11) is 0.409. The Morgan fingerprint density at radius 1 is 0.691 bits per heavy atom. The number of ketones is 1. The van der Waals surface area contributed by atoms with E-state index < -0.39 is 48.5 Å². The van der Waals surface area contributed by atoms with Gasteiger partial charge in [0.15, 0.2) is 5.25 Å². The van der Waals surface area contributed by atoms with Crippen molar-refractivity contribution in [3.63, 3.8) is 0 Å². The molecule has 3 aromatic heterocycles. The average Bonchev–Trinajstić information content (AvgIpc) is 3.08. The molecule has 311 valence electrons. The summed E-state index contributed by atoms with van der Waals surface area (Å²) in [4.78, 5) is 44.2. The molecule has 0 aliphatic rings. The van der Waals surface area contributed by atoms with Gasteiger partial charge in [-0.15, -0.1) is 24.0 Å². The van der Waals surface area contributed by atoms with Crippen LogP contribution in [0, 0.1) is 0 Å². The van der Waals surface area contributed by atoms with E-state index in [4.69, 9.17) is 19.3 Å². The molecular weight excluding hydrogens is 1250 g/mol. The zero-order valence-corrected chi connectivity index (χ0v) is 42.5. The van der Waals surface area contributed by atoms with Crippen LogP contribution in [0.25, 0.3) is 0 Å². The van der Waals surface area contributed by atoms with Gasteiger partial charge in [-0.3, -0.25) is 23.5 Å². The van der Waals surface area contributed by atoms with Crippen LogP contribution in [0.15, 0.2) is 88.3 Å². The van der Waals surface area contributed by atoms with Crippen molar-refractivity contribution in [2.75, 3.05) is 17.3 Å². The number of carboxylic acid groups (broad SMARTS) is 2. The van der Waals surface area contributed by atoms with E-state index in [-0.39, 0.29) is 56.4 Å². The van der Waals surface area contributed by atoms with E-state index in [1.54, 1.807) is 58.4 Å². The van der Waals surface area contributed by atoms with Gasteiger partial charge in [0.2, 0.25) is 0 Å². The van der Waals surface area contributed by atoms with Gasteiger partial charge in [-0.05, 0) is 95.0 Å². The predicted molar refractivity (Wildman–Crippen MR) is 253 cm³/mol. The van der Waals surface area contributed by atoms with Crippen molar-refractivity contribution in [1.29, 1.82) is 0 Å². The molecule has 0 fully saturated rings. The molecule has 14 nitrogen and oxygen atoms in total. The fraction of sp³-hybridized carbons (Fsp3) is 0.379. The monoisotopic (exact) mass is 1290 g/mol. The third kappa shape index (κ3) is 34.2. The van der Waals surface area contributed by atoms with Gasteiger partial charge >= 0.3 is 61.4 Å². The van der Waals surface area contributed by atoms with Gasteiger partial charge < -0.3 is 10.2 Å². The zero-order chi connectivity index (χ0) is 40.1. The first-order valence-corrected chi connectivity index (χ1v) is 33.4. The Morgan fingerprint density at radius 2 is 1.04 bits per heavy atom. The average molecular weight is 1290 g/mol. The number of halogens is 3. The number of hydrogen-bond acceptors (Lipinski definition) is 16. The Hall–Kier alpha value is 0.754. The third-order valence-corrected chi connectivity index (χ3v) is 14.7. The van der Waals surface area contributed by atoms with E-state index in [1.807, 2.05) is 36.4 Å². The standard InChI is InChI=1S/C10H13NO4S3.C9H11NO5S3.C9H11NO2S2.CH4.3HI.V/c1-8(12)9(18(13,14)15)5-7-16-17-10-4-2-3-6-11-10;11-9(12)7(18(13,14)15)4-6-16-17-8-3-1-2-5-10-8;11-9(12)5-3-7-13-14-8-4-1-2-6-10-8;;;;;/h2-4,6,9H,5,7H2,1H3,(H,13,14,15);1-3,5,7H,4,6H2,(H,11,12)(H,13,14,15);1-2,4,6H,3,5,7H2,(H,11,12);1H4;3*1H;/q;;;;;;;+2/p-2. The van der Waals surface area contributed by atoms with Crippen LogP contribution in [0.3, 0.4) is 0 Å². The first-order chi connectivity index (χ1) is 25.0. The number of rotatable bonds is 20. The Labute approximate surface area is 392 Å². The first-order valence-electron chi connectivity index (χ1n) is 14.4. The van der Waals surface area contributed by atoms with Crippen molar-refractivity contribution >= 4 is 167 Å². The van der Waals surface area contributed by atoms with Crippen LogP contribution in [-0.4, -0.2) is 96.6 Å². The number of hydrogen-bond donors (Lipinski definition) is 4. The SMILES string of the molecule is C.CC(=O)C(CCSSc1ccccn1)S(=O)(=O)O.I.O=C(O)C(CCSSc1ccccn1)S(=O)(=O)O.O=C(O)CCCSSc1ccccn1.[I][V][I]. The molecule has 3 aromatic rings. The number of Topliss-reactive ketones (excluding diaryl/α,β-unsaturated/α-hetero) is 1. The number of carbonyl (C=O) groups excluding carboxylic acids is 1.